The zero-order chi connectivity index (χ0) is 12.3. The first-order chi connectivity index (χ1) is 7.36. The Bertz CT molecular complexity index is 237. The highest BCUT2D eigenvalue weighted by molar-refractivity contribution is 5.75. The van der Waals surface area contributed by atoms with Crippen molar-refractivity contribution in [2.45, 2.75) is 52.5 Å². The minimum atomic E-state index is -0.425. The molecular weight excluding hydrogens is 202 g/mol. The quantitative estimate of drug-likeness (QED) is 0.737. The maximum absolute atomic E-state index is 11.3. The molecular formula is C13H25NO2. The number of rotatable bonds is 2. The number of ether oxygens (including phenoxy) is 1. The molecule has 0 aromatic heterocycles. The molecule has 2 N–H and O–H groups in total. The van der Waals surface area contributed by atoms with Crippen LogP contribution in [0.1, 0.15) is 46.5 Å². The van der Waals surface area contributed by atoms with Crippen molar-refractivity contribution in [1.82, 2.24) is 0 Å². The first-order valence-electron chi connectivity index (χ1n) is 6.19. The van der Waals surface area contributed by atoms with E-state index in [1.165, 1.54) is 20.0 Å². The van der Waals surface area contributed by atoms with Crippen LogP contribution in [0.4, 0.5) is 0 Å². The van der Waals surface area contributed by atoms with Gasteiger partial charge >= 0.3 is 5.97 Å². The molecule has 94 valence electrons. The Labute approximate surface area is 98.7 Å². The number of carbonyl (C=O) groups excluding carboxylic acids is 1. The number of hydrogen-bond acceptors (Lipinski definition) is 3. The van der Waals surface area contributed by atoms with Gasteiger partial charge in [0, 0.05) is 0 Å². The lowest BCUT2D eigenvalue weighted by Gasteiger charge is -2.38. The van der Waals surface area contributed by atoms with Crippen molar-refractivity contribution < 1.29 is 9.53 Å². The Morgan fingerprint density at radius 1 is 1.25 bits per heavy atom. The van der Waals surface area contributed by atoms with E-state index in [0.29, 0.717) is 11.3 Å². The van der Waals surface area contributed by atoms with E-state index in [4.69, 9.17) is 10.5 Å². The molecule has 0 aromatic carbocycles. The minimum Gasteiger partial charge on any atom is -0.468 e. The van der Waals surface area contributed by atoms with Crippen molar-refractivity contribution in [3.05, 3.63) is 0 Å². The summed E-state index contributed by atoms with van der Waals surface area (Å²) < 4.78 is 4.70. The molecule has 1 unspecified atom stereocenters. The fourth-order valence-corrected chi connectivity index (χ4v) is 2.67. The van der Waals surface area contributed by atoms with E-state index in [9.17, 15) is 4.79 Å². The van der Waals surface area contributed by atoms with Gasteiger partial charge in [0.2, 0.25) is 0 Å². The van der Waals surface area contributed by atoms with Gasteiger partial charge in [-0.2, -0.15) is 0 Å². The molecule has 0 spiro atoms. The molecule has 0 aromatic rings. The molecule has 16 heavy (non-hydrogen) atoms. The Morgan fingerprint density at radius 2 is 1.75 bits per heavy atom. The van der Waals surface area contributed by atoms with Gasteiger partial charge in [0.05, 0.1) is 7.11 Å². The lowest BCUT2D eigenvalue weighted by molar-refractivity contribution is -0.144. The molecule has 1 fully saturated rings. The van der Waals surface area contributed by atoms with Gasteiger partial charge in [0.15, 0.2) is 0 Å². The van der Waals surface area contributed by atoms with Crippen LogP contribution < -0.4 is 5.73 Å². The fraction of sp³-hybridized carbons (Fsp3) is 0.923. The highest BCUT2D eigenvalue weighted by Gasteiger charge is 2.34. The summed E-state index contributed by atoms with van der Waals surface area (Å²) in [6.45, 7) is 6.87. The number of esters is 1. The predicted molar refractivity (Wildman–Crippen MR) is 64.9 cm³/mol. The fourth-order valence-electron chi connectivity index (χ4n) is 2.67. The average Bonchev–Trinajstić information content (AvgIpc) is 2.26. The van der Waals surface area contributed by atoms with E-state index >= 15 is 0 Å². The molecule has 0 amide bonds. The second-order valence-electron chi connectivity index (χ2n) is 6.03. The first-order valence-corrected chi connectivity index (χ1v) is 6.19. The largest absolute Gasteiger partial charge is 0.468 e. The normalized spacial score (nSPS) is 28.6. The molecule has 0 bridgehead atoms. The third kappa shape index (κ3) is 3.21. The van der Waals surface area contributed by atoms with Gasteiger partial charge in [0.1, 0.15) is 6.04 Å². The number of methoxy groups -OCH3 is 1. The summed E-state index contributed by atoms with van der Waals surface area (Å²) in [7, 11) is 1.41. The summed E-state index contributed by atoms with van der Waals surface area (Å²) in [5.74, 6) is 0.804. The van der Waals surface area contributed by atoms with Crippen molar-refractivity contribution >= 4 is 5.97 Å². The van der Waals surface area contributed by atoms with Gasteiger partial charge in [-0.25, -0.2) is 0 Å². The maximum atomic E-state index is 11.3. The van der Waals surface area contributed by atoms with Gasteiger partial charge in [-0.3, -0.25) is 4.79 Å². The first kappa shape index (κ1) is 13.5. The van der Waals surface area contributed by atoms with Crippen molar-refractivity contribution in [2.24, 2.45) is 23.0 Å². The van der Waals surface area contributed by atoms with Gasteiger partial charge in [-0.15, -0.1) is 0 Å². The third-order valence-corrected chi connectivity index (χ3v) is 3.98. The number of hydrogen-bond donors (Lipinski definition) is 1. The number of carbonyl (C=O) groups is 1. The molecule has 3 heteroatoms. The summed E-state index contributed by atoms with van der Waals surface area (Å²) in [6.07, 6.45) is 4.47. The Morgan fingerprint density at radius 3 is 2.12 bits per heavy atom. The van der Waals surface area contributed by atoms with E-state index < -0.39 is 6.04 Å². The maximum Gasteiger partial charge on any atom is 0.322 e. The van der Waals surface area contributed by atoms with Crippen LogP contribution >= 0.6 is 0 Å². The topological polar surface area (TPSA) is 52.3 Å². The Balaban J connectivity index is 2.46. The molecule has 1 rings (SSSR count). The molecule has 3 nitrogen and oxygen atoms in total. The summed E-state index contributed by atoms with van der Waals surface area (Å²) in [5.41, 5.74) is 6.26. The van der Waals surface area contributed by atoms with Crippen LogP contribution in [-0.4, -0.2) is 19.1 Å². The Hall–Kier alpha value is -0.570. The van der Waals surface area contributed by atoms with Crippen LogP contribution in [-0.2, 0) is 9.53 Å². The lowest BCUT2D eigenvalue weighted by Crippen LogP contribution is -2.41. The van der Waals surface area contributed by atoms with Gasteiger partial charge in [-0.1, -0.05) is 20.8 Å². The highest BCUT2D eigenvalue weighted by atomic mass is 16.5. The minimum absolute atomic E-state index is 0.265. The van der Waals surface area contributed by atoms with Crippen LogP contribution in [0.3, 0.4) is 0 Å². The zero-order valence-corrected chi connectivity index (χ0v) is 11.0. The van der Waals surface area contributed by atoms with E-state index in [2.05, 4.69) is 20.8 Å². The average molecular weight is 227 g/mol. The molecule has 0 aliphatic heterocycles. The van der Waals surface area contributed by atoms with Gasteiger partial charge in [-0.05, 0) is 42.9 Å². The van der Waals surface area contributed by atoms with Crippen molar-refractivity contribution in [2.75, 3.05) is 7.11 Å². The van der Waals surface area contributed by atoms with E-state index in [1.807, 2.05) is 0 Å². The van der Waals surface area contributed by atoms with Crippen LogP contribution in [0, 0.1) is 17.3 Å². The van der Waals surface area contributed by atoms with Gasteiger partial charge in [0.25, 0.3) is 0 Å². The molecule has 0 heterocycles. The van der Waals surface area contributed by atoms with Crippen LogP contribution in [0.25, 0.3) is 0 Å². The third-order valence-electron chi connectivity index (χ3n) is 3.98. The lowest BCUT2D eigenvalue weighted by atomic mass is 9.68. The summed E-state index contributed by atoms with van der Waals surface area (Å²) in [6, 6.07) is -0.425. The summed E-state index contributed by atoms with van der Waals surface area (Å²) in [4.78, 5) is 11.3. The zero-order valence-electron chi connectivity index (χ0n) is 11.0. The van der Waals surface area contributed by atoms with Crippen LogP contribution in [0.5, 0.6) is 0 Å². The number of nitrogens with two attached hydrogens (primary N) is 1. The van der Waals surface area contributed by atoms with Crippen molar-refractivity contribution in [3.63, 3.8) is 0 Å². The van der Waals surface area contributed by atoms with Crippen molar-refractivity contribution in [3.8, 4) is 0 Å². The molecule has 0 radical (unpaired) electrons. The highest BCUT2D eigenvalue weighted by Crippen LogP contribution is 2.40. The molecule has 1 saturated carbocycles. The van der Waals surface area contributed by atoms with Gasteiger partial charge < -0.3 is 10.5 Å². The summed E-state index contributed by atoms with van der Waals surface area (Å²) in [5, 5.41) is 0. The van der Waals surface area contributed by atoms with E-state index in [-0.39, 0.29) is 5.97 Å². The SMILES string of the molecule is COC(=O)C(N)C1CCC(C(C)(C)C)CC1. The smallest absolute Gasteiger partial charge is 0.322 e. The van der Waals surface area contributed by atoms with Crippen LogP contribution in [0.2, 0.25) is 0 Å². The molecule has 1 aliphatic carbocycles. The predicted octanol–water partition coefficient (Wildman–Crippen LogP) is 2.34. The molecule has 1 aliphatic rings. The Kier molecular flexibility index (Phi) is 4.36. The monoisotopic (exact) mass is 227 g/mol. The van der Waals surface area contributed by atoms with E-state index in [0.717, 1.165) is 18.8 Å². The standard InChI is InChI=1S/C13H25NO2/c1-13(2,3)10-7-5-9(6-8-10)11(14)12(15)16-4/h9-11H,5-8,14H2,1-4H3. The molecule has 0 saturated heterocycles. The van der Waals surface area contributed by atoms with E-state index in [1.54, 1.807) is 0 Å². The summed E-state index contributed by atoms with van der Waals surface area (Å²) >= 11 is 0. The second kappa shape index (κ2) is 5.17. The second-order valence-corrected chi connectivity index (χ2v) is 6.03. The molecule has 1 atom stereocenters. The van der Waals surface area contributed by atoms with Crippen molar-refractivity contribution in [1.29, 1.82) is 0 Å². The van der Waals surface area contributed by atoms with Crippen LogP contribution in [0.15, 0.2) is 0 Å².